The Hall–Kier alpha value is -2.93. The summed E-state index contributed by atoms with van der Waals surface area (Å²) in [5.41, 5.74) is 0.0634. The predicted octanol–water partition coefficient (Wildman–Crippen LogP) is 3.71. The number of benzene rings is 1. The van der Waals surface area contributed by atoms with Crippen LogP contribution in [-0.4, -0.2) is 22.3 Å². The third-order valence-electron chi connectivity index (χ3n) is 3.35. The lowest BCUT2D eigenvalue weighted by Crippen LogP contribution is -2.19. The van der Waals surface area contributed by atoms with Crippen LogP contribution in [0.15, 0.2) is 47.4 Å². The Morgan fingerprint density at radius 3 is 2.72 bits per heavy atom. The molecule has 0 radical (unpaired) electrons. The number of hydrogen-bond acceptors (Lipinski definition) is 5. The van der Waals surface area contributed by atoms with Gasteiger partial charge in [0.1, 0.15) is 0 Å². The molecule has 6 nitrogen and oxygen atoms in total. The van der Waals surface area contributed by atoms with E-state index in [1.807, 2.05) is 6.07 Å². The highest BCUT2D eigenvalue weighted by atomic mass is 35.5. The number of hydrogen-bond donors (Lipinski definition) is 0. The molecule has 0 aliphatic carbocycles. The standard InChI is InChI=1S/C17H12ClFN2O4/c1-2-24-17(23)25-13-9-21(10-6-4-3-5-7-10)16-11(14(13)22)8-12(19)15(18)20-16/h3-9H,2H2,1H3. The van der Waals surface area contributed by atoms with Crippen LogP contribution in [0.4, 0.5) is 9.18 Å². The van der Waals surface area contributed by atoms with Gasteiger partial charge in [0, 0.05) is 5.69 Å². The van der Waals surface area contributed by atoms with Crippen LogP contribution in [0, 0.1) is 5.82 Å². The van der Waals surface area contributed by atoms with E-state index in [1.54, 1.807) is 31.2 Å². The van der Waals surface area contributed by atoms with E-state index in [2.05, 4.69) is 9.72 Å². The van der Waals surface area contributed by atoms with E-state index in [0.29, 0.717) is 5.69 Å². The van der Waals surface area contributed by atoms with E-state index in [9.17, 15) is 14.0 Å². The van der Waals surface area contributed by atoms with Crippen molar-refractivity contribution in [3.05, 3.63) is 63.8 Å². The number of carbonyl (C=O) groups is 1. The fourth-order valence-corrected chi connectivity index (χ4v) is 2.41. The van der Waals surface area contributed by atoms with Gasteiger partial charge in [-0.3, -0.25) is 9.36 Å². The summed E-state index contributed by atoms with van der Waals surface area (Å²) < 4.78 is 24.9. The molecule has 0 bridgehead atoms. The van der Waals surface area contributed by atoms with Gasteiger partial charge in [-0.25, -0.2) is 14.2 Å². The van der Waals surface area contributed by atoms with Crippen LogP contribution in [0.2, 0.25) is 5.15 Å². The van der Waals surface area contributed by atoms with Crippen molar-refractivity contribution in [1.29, 1.82) is 0 Å². The Bertz CT molecular complexity index is 1000. The van der Waals surface area contributed by atoms with Gasteiger partial charge in [-0.15, -0.1) is 0 Å². The molecule has 8 heteroatoms. The smallest absolute Gasteiger partial charge is 0.434 e. The molecule has 128 valence electrons. The highest BCUT2D eigenvalue weighted by Gasteiger charge is 2.18. The second kappa shape index (κ2) is 6.90. The minimum atomic E-state index is -1.03. The normalized spacial score (nSPS) is 10.7. The molecule has 0 spiro atoms. The molecular formula is C17H12ClFN2O4. The maximum absolute atomic E-state index is 13.8. The first-order chi connectivity index (χ1) is 12.0. The second-order valence-electron chi connectivity index (χ2n) is 4.95. The number of fused-ring (bicyclic) bond motifs is 1. The predicted molar refractivity (Wildman–Crippen MR) is 90.0 cm³/mol. The van der Waals surface area contributed by atoms with E-state index in [-0.39, 0.29) is 28.5 Å². The zero-order chi connectivity index (χ0) is 18.0. The second-order valence-corrected chi connectivity index (χ2v) is 5.30. The topological polar surface area (TPSA) is 70.4 Å². The number of nitrogens with zero attached hydrogens (tertiary/aromatic N) is 2. The van der Waals surface area contributed by atoms with Crippen molar-refractivity contribution in [2.75, 3.05) is 6.61 Å². The van der Waals surface area contributed by atoms with Gasteiger partial charge in [-0.1, -0.05) is 29.8 Å². The molecule has 0 aliphatic rings. The average Bonchev–Trinajstić information content (AvgIpc) is 2.60. The van der Waals surface area contributed by atoms with Crippen molar-refractivity contribution in [1.82, 2.24) is 9.55 Å². The Morgan fingerprint density at radius 1 is 1.32 bits per heavy atom. The Balaban J connectivity index is 2.29. The van der Waals surface area contributed by atoms with E-state index in [4.69, 9.17) is 16.3 Å². The molecular weight excluding hydrogens is 351 g/mol. The van der Waals surface area contributed by atoms with E-state index >= 15 is 0 Å². The lowest BCUT2D eigenvalue weighted by Gasteiger charge is -2.13. The summed E-state index contributed by atoms with van der Waals surface area (Å²) >= 11 is 5.76. The van der Waals surface area contributed by atoms with E-state index in [0.717, 1.165) is 6.07 Å². The molecule has 0 atom stereocenters. The fraction of sp³-hybridized carbons (Fsp3) is 0.118. The molecule has 1 aromatic carbocycles. The number of para-hydroxylation sites is 1. The number of pyridine rings is 2. The molecule has 2 aromatic heterocycles. The maximum atomic E-state index is 13.8. The van der Waals surface area contributed by atoms with Crippen LogP contribution in [0.25, 0.3) is 16.7 Å². The molecule has 3 aromatic rings. The fourth-order valence-electron chi connectivity index (χ4n) is 2.27. The minimum absolute atomic E-state index is 0.0763. The molecule has 3 rings (SSSR count). The van der Waals surface area contributed by atoms with Crippen molar-refractivity contribution in [3.8, 4) is 11.4 Å². The van der Waals surface area contributed by atoms with Gasteiger partial charge < -0.3 is 9.47 Å². The number of ether oxygens (including phenoxy) is 2. The van der Waals surface area contributed by atoms with Crippen molar-refractivity contribution in [2.24, 2.45) is 0 Å². The SMILES string of the molecule is CCOC(=O)Oc1cn(-c2ccccc2)c2nc(Cl)c(F)cc2c1=O. The van der Waals surface area contributed by atoms with Crippen LogP contribution in [-0.2, 0) is 4.74 Å². The molecule has 0 aliphatic heterocycles. The molecule has 0 fully saturated rings. The summed E-state index contributed by atoms with van der Waals surface area (Å²) in [5, 5.41) is -0.441. The van der Waals surface area contributed by atoms with Gasteiger partial charge in [0.15, 0.2) is 22.4 Å². The Labute approximate surface area is 146 Å². The van der Waals surface area contributed by atoms with Crippen LogP contribution in [0.3, 0.4) is 0 Å². The van der Waals surface area contributed by atoms with Crippen molar-refractivity contribution < 1.29 is 18.7 Å². The highest BCUT2D eigenvalue weighted by Crippen LogP contribution is 2.23. The van der Waals surface area contributed by atoms with Crippen molar-refractivity contribution in [3.63, 3.8) is 0 Å². The van der Waals surface area contributed by atoms with Gasteiger partial charge in [0.05, 0.1) is 18.2 Å². The highest BCUT2D eigenvalue weighted by molar-refractivity contribution is 6.29. The summed E-state index contributed by atoms with van der Waals surface area (Å²) in [4.78, 5) is 28.0. The molecule has 0 unspecified atom stereocenters. The molecule has 0 saturated carbocycles. The molecule has 0 amide bonds. The van der Waals surface area contributed by atoms with Crippen molar-refractivity contribution in [2.45, 2.75) is 6.92 Å². The molecule has 25 heavy (non-hydrogen) atoms. The first-order valence-corrected chi connectivity index (χ1v) is 7.70. The van der Waals surface area contributed by atoms with Crippen molar-refractivity contribution >= 4 is 28.8 Å². The first-order valence-electron chi connectivity index (χ1n) is 7.32. The summed E-state index contributed by atoms with van der Waals surface area (Å²) in [5.74, 6) is -1.16. The third-order valence-corrected chi connectivity index (χ3v) is 3.61. The molecule has 0 saturated heterocycles. The zero-order valence-corrected chi connectivity index (χ0v) is 13.8. The average molecular weight is 363 g/mol. The number of aromatic nitrogens is 2. The Morgan fingerprint density at radius 2 is 2.04 bits per heavy atom. The van der Waals surface area contributed by atoms with E-state index in [1.165, 1.54) is 10.8 Å². The van der Waals surface area contributed by atoms with Gasteiger partial charge in [0.2, 0.25) is 5.43 Å². The maximum Gasteiger partial charge on any atom is 0.514 e. The lowest BCUT2D eigenvalue weighted by molar-refractivity contribution is 0.104. The summed E-state index contributed by atoms with van der Waals surface area (Å²) in [6, 6.07) is 9.81. The number of halogens is 2. The van der Waals surface area contributed by atoms with Crippen LogP contribution >= 0.6 is 11.6 Å². The minimum Gasteiger partial charge on any atom is -0.434 e. The van der Waals surface area contributed by atoms with E-state index < -0.39 is 17.4 Å². The van der Waals surface area contributed by atoms with Crippen LogP contribution < -0.4 is 10.2 Å². The summed E-state index contributed by atoms with van der Waals surface area (Å²) in [6.07, 6.45) is 0.263. The summed E-state index contributed by atoms with van der Waals surface area (Å²) in [7, 11) is 0. The van der Waals surface area contributed by atoms with Gasteiger partial charge in [-0.05, 0) is 25.1 Å². The quantitative estimate of drug-likeness (QED) is 0.524. The number of carbonyl (C=O) groups excluding carboxylic acids is 1. The zero-order valence-electron chi connectivity index (χ0n) is 13.0. The van der Waals surface area contributed by atoms with Crippen LogP contribution in [0.1, 0.15) is 6.92 Å². The Kier molecular flexibility index (Phi) is 4.67. The molecule has 2 heterocycles. The first kappa shape index (κ1) is 16.9. The van der Waals surface area contributed by atoms with Crippen LogP contribution in [0.5, 0.6) is 5.75 Å². The monoisotopic (exact) mass is 362 g/mol. The van der Waals surface area contributed by atoms with Gasteiger partial charge in [0.25, 0.3) is 0 Å². The number of rotatable bonds is 3. The lowest BCUT2D eigenvalue weighted by atomic mass is 10.2. The molecule has 0 N–H and O–H groups in total. The third kappa shape index (κ3) is 3.32. The van der Waals surface area contributed by atoms with Gasteiger partial charge in [-0.2, -0.15) is 0 Å². The largest absolute Gasteiger partial charge is 0.514 e. The van der Waals surface area contributed by atoms with Gasteiger partial charge >= 0.3 is 6.16 Å². The summed E-state index contributed by atoms with van der Waals surface area (Å²) in [6.45, 7) is 1.69.